The Kier molecular flexibility index (Phi) is 7.21. The first-order valence-electron chi connectivity index (χ1n) is 11.5. The third-order valence-electron chi connectivity index (χ3n) is 5.82. The summed E-state index contributed by atoms with van der Waals surface area (Å²) >= 11 is 6.42. The summed E-state index contributed by atoms with van der Waals surface area (Å²) in [5, 5.41) is 13.3. The van der Waals surface area contributed by atoms with E-state index >= 15 is 0 Å². The Labute approximate surface area is 218 Å². The van der Waals surface area contributed by atoms with Gasteiger partial charge in [0.15, 0.2) is 19.5 Å². The molecule has 3 aromatic rings. The summed E-state index contributed by atoms with van der Waals surface area (Å²) in [5.41, 5.74) is 0.615. The van der Waals surface area contributed by atoms with Gasteiger partial charge in [-0.05, 0) is 45.4 Å². The molecular formula is C25H25BClF2N5O3. The molecule has 37 heavy (non-hydrogen) atoms. The molecule has 1 aliphatic rings. The molecule has 4 rings (SSSR count). The second kappa shape index (κ2) is 10.1. The highest BCUT2D eigenvalue weighted by atomic mass is 35.5. The van der Waals surface area contributed by atoms with Gasteiger partial charge in [0.25, 0.3) is 5.56 Å². The molecule has 192 valence electrons. The van der Waals surface area contributed by atoms with Crippen molar-refractivity contribution in [1.82, 2.24) is 24.8 Å². The number of ether oxygens (including phenoxy) is 1. The second-order valence-corrected chi connectivity index (χ2v) is 9.65. The van der Waals surface area contributed by atoms with Gasteiger partial charge >= 0.3 is 0 Å². The third-order valence-corrected chi connectivity index (χ3v) is 6.16. The van der Waals surface area contributed by atoms with Crippen LogP contribution in [0.3, 0.4) is 0 Å². The number of hydrogen-bond acceptors (Lipinski definition) is 7. The van der Waals surface area contributed by atoms with Crippen LogP contribution in [0.15, 0.2) is 53.2 Å². The molecule has 4 heterocycles. The molecule has 8 nitrogen and oxygen atoms in total. The Bertz CT molecular complexity index is 1490. The van der Waals surface area contributed by atoms with Crippen LogP contribution in [0.4, 0.5) is 8.78 Å². The SMILES string of the molecule is BC(Oc1cc(C)n(C2=C[C@H](c3ccnc(C(C)(C)O)n3)NC=C2C)c(=O)c1Cl)c1ncc(F)cc1F. The largest absolute Gasteiger partial charge is 0.492 e. The van der Waals surface area contributed by atoms with E-state index in [1.807, 2.05) is 13.0 Å². The number of allylic oxidation sites excluding steroid dienone is 2. The van der Waals surface area contributed by atoms with Crippen molar-refractivity contribution in [3.05, 3.63) is 98.4 Å². The van der Waals surface area contributed by atoms with Crippen molar-refractivity contribution in [1.29, 1.82) is 0 Å². The first kappa shape index (κ1) is 26.5. The van der Waals surface area contributed by atoms with E-state index in [0.29, 0.717) is 23.2 Å². The molecule has 2 atom stereocenters. The number of aromatic nitrogens is 4. The Morgan fingerprint density at radius 1 is 1.27 bits per heavy atom. The fraction of sp³-hybridized carbons (Fsp3) is 0.280. The fourth-order valence-electron chi connectivity index (χ4n) is 3.93. The Balaban J connectivity index is 1.70. The quantitative estimate of drug-likeness (QED) is 0.474. The molecule has 0 aromatic carbocycles. The van der Waals surface area contributed by atoms with E-state index in [-0.39, 0.29) is 22.3 Å². The zero-order chi connectivity index (χ0) is 27.1. The Morgan fingerprint density at radius 3 is 2.68 bits per heavy atom. The van der Waals surface area contributed by atoms with Crippen molar-refractivity contribution in [3.8, 4) is 5.75 Å². The lowest BCUT2D eigenvalue weighted by Gasteiger charge is -2.25. The van der Waals surface area contributed by atoms with Crippen molar-refractivity contribution in [3.63, 3.8) is 0 Å². The van der Waals surface area contributed by atoms with Gasteiger partial charge in [0.1, 0.15) is 33.9 Å². The van der Waals surface area contributed by atoms with Gasteiger partial charge in [-0.1, -0.05) is 11.6 Å². The second-order valence-electron chi connectivity index (χ2n) is 9.27. The summed E-state index contributed by atoms with van der Waals surface area (Å²) < 4.78 is 34.6. The summed E-state index contributed by atoms with van der Waals surface area (Å²) in [7, 11) is 1.52. The van der Waals surface area contributed by atoms with Gasteiger partial charge in [0.2, 0.25) is 0 Å². The van der Waals surface area contributed by atoms with Gasteiger partial charge in [-0.2, -0.15) is 0 Å². The van der Waals surface area contributed by atoms with Crippen LogP contribution < -0.4 is 15.6 Å². The average molecular weight is 528 g/mol. The van der Waals surface area contributed by atoms with Crippen LogP contribution in [0.1, 0.15) is 55.7 Å². The summed E-state index contributed by atoms with van der Waals surface area (Å²) in [6.45, 7) is 6.75. The highest BCUT2D eigenvalue weighted by Gasteiger charge is 2.25. The van der Waals surface area contributed by atoms with Crippen LogP contribution in [0, 0.1) is 18.6 Å². The Hall–Kier alpha value is -3.57. The molecule has 0 spiro atoms. The summed E-state index contributed by atoms with van der Waals surface area (Å²) in [5.74, 6) is -1.35. The van der Waals surface area contributed by atoms with Gasteiger partial charge in [0, 0.05) is 30.2 Å². The molecule has 0 saturated heterocycles. The monoisotopic (exact) mass is 527 g/mol. The molecule has 1 aliphatic heterocycles. The smallest absolute Gasteiger partial charge is 0.277 e. The minimum atomic E-state index is -1.22. The average Bonchev–Trinajstić information content (AvgIpc) is 2.83. The summed E-state index contributed by atoms with van der Waals surface area (Å²) in [4.78, 5) is 25.8. The van der Waals surface area contributed by atoms with E-state index in [1.165, 1.54) is 12.4 Å². The van der Waals surface area contributed by atoms with Gasteiger partial charge < -0.3 is 15.2 Å². The van der Waals surface area contributed by atoms with Gasteiger partial charge in [-0.15, -0.1) is 0 Å². The summed E-state index contributed by atoms with van der Waals surface area (Å²) in [6.07, 6.45) is 6.05. The van der Waals surface area contributed by atoms with Crippen LogP contribution in [0.25, 0.3) is 5.70 Å². The van der Waals surface area contributed by atoms with Crippen LogP contribution in [0.2, 0.25) is 5.02 Å². The molecule has 0 radical (unpaired) electrons. The molecule has 0 fully saturated rings. The number of halogens is 3. The molecule has 0 amide bonds. The molecule has 12 heteroatoms. The predicted octanol–water partition coefficient (Wildman–Crippen LogP) is 3.30. The number of aryl methyl sites for hydroxylation is 1. The normalized spacial score (nSPS) is 16.5. The van der Waals surface area contributed by atoms with E-state index in [0.717, 1.165) is 11.8 Å². The lowest BCUT2D eigenvalue weighted by atomic mass is 9.95. The van der Waals surface area contributed by atoms with Crippen molar-refractivity contribution >= 4 is 25.1 Å². The van der Waals surface area contributed by atoms with E-state index in [1.54, 1.807) is 45.3 Å². The molecular weight excluding hydrogens is 503 g/mol. The fourth-order valence-corrected chi connectivity index (χ4v) is 4.11. The zero-order valence-corrected chi connectivity index (χ0v) is 21.6. The zero-order valence-electron chi connectivity index (χ0n) is 20.9. The molecule has 2 N–H and O–H groups in total. The lowest BCUT2D eigenvalue weighted by Crippen LogP contribution is -2.28. The summed E-state index contributed by atoms with van der Waals surface area (Å²) in [6, 6.07) is 2.67. The first-order valence-corrected chi connectivity index (χ1v) is 11.9. The molecule has 0 saturated carbocycles. The van der Waals surface area contributed by atoms with E-state index < -0.39 is 34.8 Å². The number of nitrogens with zero attached hydrogens (tertiary/aromatic N) is 4. The van der Waals surface area contributed by atoms with Crippen molar-refractivity contribution < 1.29 is 18.6 Å². The minimum Gasteiger partial charge on any atom is -0.492 e. The number of dihydropyridines is 1. The van der Waals surface area contributed by atoms with Gasteiger partial charge in [0.05, 0.1) is 23.6 Å². The lowest BCUT2D eigenvalue weighted by molar-refractivity contribution is 0.0683. The number of aliphatic hydroxyl groups is 1. The molecule has 3 aromatic heterocycles. The van der Waals surface area contributed by atoms with Crippen LogP contribution in [-0.4, -0.2) is 32.5 Å². The van der Waals surface area contributed by atoms with Crippen molar-refractivity contribution in [2.45, 2.75) is 45.3 Å². The van der Waals surface area contributed by atoms with Crippen molar-refractivity contribution in [2.75, 3.05) is 0 Å². The number of pyridine rings is 2. The highest BCUT2D eigenvalue weighted by molar-refractivity contribution is 6.32. The number of nitrogens with one attached hydrogen (secondary N) is 1. The number of rotatable bonds is 6. The first-order chi connectivity index (χ1) is 17.4. The molecule has 0 aliphatic carbocycles. The third kappa shape index (κ3) is 5.42. The van der Waals surface area contributed by atoms with Gasteiger partial charge in [-0.3, -0.25) is 14.3 Å². The number of hydrogen-bond donors (Lipinski definition) is 2. The van der Waals surface area contributed by atoms with Gasteiger partial charge in [-0.25, -0.2) is 18.7 Å². The van der Waals surface area contributed by atoms with Crippen LogP contribution in [0.5, 0.6) is 5.75 Å². The maximum atomic E-state index is 14.2. The standard InChI is InChI=1S/C25H25BClF2N5O3/c1-12-10-31-17(16-5-6-30-24(33-16)25(3,4)36)9-18(12)34-13(2)7-19(20(27)23(34)35)37-22(26)21-15(29)8-14(28)11-32-21/h5-11,17,22,31,36H,26H2,1-4H3/t17-,22?/m1/s1. The maximum absolute atomic E-state index is 14.2. The van der Waals surface area contributed by atoms with E-state index in [9.17, 15) is 18.7 Å². The van der Waals surface area contributed by atoms with Crippen molar-refractivity contribution in [2.24, 2.45) is 0 Å². The Morgan fingerprint density at radius 2 is 2.00 bits per heavy atom. The maximum Gasteiger partial charge on any atom is 0.277 e. The van der Waals surface area contributed by atoms with E-state index in [2.05, 4.69) is 20.3 Å². The van der Waals surface area contributed by atoms with Crippen LogP contribution >= 0.6 is 11.6 Å². The topological polar surface area (TPSA) is 102 Å². The van der Waals surface area contributed by atoms with E-state index in [4.69, 9.17) is 16.3 Å². The predicted molar refractivity (Wildman–Crippen MR) is 138 cm³/mol. The highest BCUT2D eigenvalue weighted by Crippen LogP contribution is 2.31. The minimum absolute atomic E-state index is 0.0526. The van der Waals surface area contributed by atoms with Crippen LogP contribution in [-0.2, 0) is 5.60 Å². The molecule has 0 bridgehead atoms. The molecule has 1 unspecified atom stereocenters.